The second-order valence-corrected chi connectivity index (χ2v) is 3.92. The monoisotopic (exact) mass is 198 g/mol. The SMILES string of the molecule is CC/C=C(/C)CCC.CCCCCC. The van der Waals surface area contributed by atoms with E-state index in [0.717, 1.165) is 0 Å². The van der Waals surface area contributed by atoms with Gasteiger partial charge in [0.2, 0.25) is 0 Å². The van der Waals surface area contributed by atoms with Gasteiger partial charge in [-0.2, -0.15) is 0 Å². The van der Waals surface area contributed by atoms with Crippen molar-refractivity contribution in [3.63, 3.8) is 0 Å². The largest absolute Gasteiger partial charge is 0.0859 e. The molecule has 0 heteroatoms. The molecule has 0 saturated carbocycles. The number of hydrogen-bond donors (Lipinski definition) is 0. The fraction of sp³-hybridized carbons (Fsp3) is 0.857. The Bertz CT molecular complexity index is 107. The standard InChI is InChI=1S/C8H16.C6H14/c1-4-6-8(3)7-5-2;1-3-5-6-4-2/h6H,4-5,7H2,1-3H3;3-6H2,1-2H3/b8-6-;. The van der Waals surface area contributed by atoms with Gasteiger partial charge < -0.3 is 0 Å². The van der Waals surface area contributed by atoms with Gasteiger partial charge in [-0.05, 0) is 19.8 Å². The summed E-state index contributed by atoms with van der Waals surface area (Å²) in [5.41, 5.74) is 1.54. The summed E-state index contributed by atoms with van der Waals surface area (Å²) in [6.45, 7) is 11.1. The van der Waals surface area contributed by atoms with Gasteiger partial charge in [0.15, 0.2) is 0 Å². The molecule has 0 bridgehead atoms. The minimum atomic E-state index is 1.19. The van der Waals surface area contributed by atoms with Crippen LogP contribution in [0.5, 0.6) is 0 Å². The normalized spacial score (nSPS) is 10.8. The van der Waals surface area contributed by atoms with Gasteiger partial charge in [0, 0.05) is 0 Å². The predicted molar refractivity (Wildman–Crippen MR) is 68.8 cm³/mol. The van der Waals surface area contributed by atoms with Gasteiger partial charge in [0.25, 0.3) is 0 Å². The lowest BCUT2D eigenvalue weighted by Gasteiger charge is -1.93. The first kappa shape index (κ1) is 16.2. The maximum atomic E-state index is 2.30. The molecule has 0 amide bonds. The van der Waals surface area contributed by atoms with Crippen molar-refractivity contribution in [1.29, 1.82) is 0 Å². The quantitative estimate of drug-likeness (QED) is 0.378. The molecule has 0 aromatic rings. The summed E-state index contributed by atoms with van der Waals surface area (Å²) in [5, 5.41) is 0. The van der Waals surface area contributed by atoms with Crippen LogP contribution < -0.4 is 0 Å². The van der Waals surface area contributed by atoms with E-state index in [4.69, 9.17) is 0 Å². The molecular weight excluding hydrogens is 168 g/mol. The summed E-state index contributed by atoms with van der Waals surface area (Å²) in [4.78, 5) is 0. The van der Waals surface area contributed by atoms with Gasteiger partial charge in [0.1, 0.15) is 0 Å². The van der Waals surface area contributed by atoms with E-state index < -0.39 is 0 Å². The van der Waals surface area contributed by atoms with Crippen LogP contribution in [0.25, 0.3) is 0 Å². The molecule has 14 heavy (non-hydrogen) atoms. The van der Waals surface area contributed by atoms with E-state index >= 15 is 0 Å². The topological polar surface area (TPSA) is 0 Å². The fourth-order valence-electron chi connectivity index (χ4n) is 1.34. The first-order valence-electron chi connectivity index (χ1n) is 6.38. The average molecular weight is 198 g/mol. The number of unbranched alkanes of at least 4 members (excludes halogenated alkanes) is 3. The minimum absolute atomic E-state index is 1.19. The molecule has 0 rings (SSSR count). The third-order valence-corrected chi connectivity index (χ3v) is 2.15. The van der Waals surface area contributed by atoms with Crippen molar-refractivity contribution in [2.24, 2.45) is 0 Å². The van der Waals surface area contributed by atoms with Crippen LogP contribution >= 0.6 is 0 Å². The Morgan fingerprint density at radius 1 is 0.857 bits per heavy atom. The van der Waals surface area contributed by atoms with Crippen LogP contribution in [0.4, 0.5) is 0 Å². The molecule has 86 valence electrons. The van der Waals surface area contributed by atoms with Gasteiger partial charge in [-0.1, -0.05) is 71.4 Å². The van der Waals surface area contributed by atoms with Crippen molar-refractivity contribution >= 4 is 0 Å². The molecule has 0 aliphatic heterocycles. The van der Waals surface area contributed by atoms with Gasteiger partial charge in [-0.3, -0.25) is 0 Å². The lowest BCUT2D eigenvalue weighted by molar-refractivity contribution is 0.702. The van der Waals surface area contributed by atoms with E-state index in [1.54, 1.807) is 0 Å². The van der Waals surface area contributed by atoms with Crippen LogP contribution in [-0.2, 0) is 0 Å². The third-order valence-electron chi connectivity index (χ3n) is 2.15. The predicted octanol–water partition coefficient (Wildman–Crippen LogP) is 5.73. The summed E-state index contributed by atoms with van der Waals surface area (Å²) < 4.78 is 0. The fourth-order valence-corrected chi connectivity index (χ4v) is 1.34. The highest BCUT2D eigenvalue weighted by Crippen LogP contribution is 2.02. The molecule has 0 aliphatic carbocycles. The molecular formula is C14H30. The molecule has 0 aromatic heterocycles. The van der Waals surface area contributed by atoms with Crippen molar-refractivity contribution in [3.05, 3.63) is 11.6 Å². The molecule has 0 heterocycles. The smallest absolute Gasteiger partial charge is 0.0326 e. The lowest BCUT2D eigenvalue weighted by Crippen LogP contribution is -1.72. The van der Waals surface area contributed by atoms with Gasteiger partial charge in [-0.25, -0.2) is 0 Å². The molecule has 0 saturated heterocycles. The first-order valence-corrected chi connectivity index (χ1v) is 6.38. The Morgan fingerprint density at radius 2 is 1.36 bits per heavy atom. The van der Waals surface area contributed by atoms with E-state index in [9.17, 15) is 0 Å². The summed E-state index contributed by atoms with van der Waals surface area (Å²) in [5.74, 6) is 0. The van der Waals surface area contributed by atoms with Crippen LogP contribution in [0, 0.1) is 0 Å². The third kappa shape index (κ3) is 17.7. The van der Waals surface area contributed by atoms with Crippen molar-refractivity contribution in [2.45, 2.75) is 79.6 Å². The van der Waals surface area contributed by atoms with E-state index in [-0.39, 0.29) is 0 Å². The highest BCUT2D eigenvalue weighted by molar-refractivity contribution is 4.96. The molecule has 0 aliphatic rings. The lowest BCUT2D eigenvalue weighted by atomic mass is 10.1. The zero-order chi connectivity index (χ0) is 11.2. The number of rotatable bonds is 6. The first-order chi connectivity index (χ1) is 6.72. The summed E-state index contributed by atoms with van der Waals surface area (Å²) in [7, 11) is 0. The van der Waals surface area contributed by atoms with Crippen LogP contribution in [0.15, 0.2) is 11.6 Å². The van der Waals surface area contributed by atoms with Crippen LogP contribution in [-0.4, -0.2) is 0 Å². The molecule has 0 N–H and O–H groups in total. The van der Waals surface area contributed by atoms with Crippen molar-refractivity contribution in [3.8, 4) is 0 Å². The molecule has 0 radical (unpaired) electrons. The maximum absolute atomic E-state index is 2.30. The number of hydrogen-bond acceptors (Lipinski definition) is 0. The minimum Gasteiger partial charge on any atom is -0.0859 e. The summed E-state index contributed by atoms with van der Waals surface area (Å²) in [6.07, 6.45) is 11.6. The van der Waals surface area contributed by atoms with Crippen molar-refractivity contribution < 1.29 is 0 Å². The van der Waals surface area contributed by atoms with Crippen molar-refractivity contribution in [2.75, 3.05) is 0 Å². The average Bonchev–Trinajstić information content (AvgIpc) is 2.16. The molecule has 0 fully saturated rings. The Morgan fingerprint density at radius 3 is 1.64 bits per heavy atom. The highest BCUT2D eigenvalue weighted by atomic mass is 13.9. The van der Waals surface area contributed by atoms with Gasteiger partial charge >= 0.3 is 0 Å². The van der Waals surface area contributed by atoms with E-state index in [2.05, 4.69) is 40.7 Å². The van der Waals surface area contributed by atoms with Crippen molar-refractivity contribution in [1.82, 2.24) is 0 Å². The van der Waals surface area contributed by atoms with Crippen LogP contribution in [0.1, 0.15) is 79.6 Å². The Kier molecular flexibility index (Phi) is 17.6. The maximum Gasteiger partial charge on any atom is -0.0326 e. The molecule has 0 spiro atoms. The van der Waals surface area contributed by atoms with Gasteiger partial charge in [-0.15, -0.1) is 0 Å². The van der Waals surface area contributed by atoms with Crippen LogP contribution in [0.3, 0.4) is 0 Å². The second-order valence-electron chi connectivity index (χ2n) is 3.92. The zero-order valence-corrected chi connectivity index (χ0v) is 11.0. The zero-order valence-electron chi connectivity index (χ0n) is 11.0. The van der Waals surface area contributed by atoms with E-state index in [0.29, 0.717) is 0 Å². The molecule has 0 aromatic carbocycles. The van der Waals surface area contributed by atoms with E-state index in [1.807, 2.05) is 0 Å². The number of allylic oxidation sites excluding steroid dienone is 2. The Labute approximate surface area is 91.8 Å². The molecule has 0 unspecified atom stereocenters. The summed E-state index contributed by atoms with van der Waals surface area (Å²) >= 11 is 0. The second kappa shape index (κ2) is 15.2. The molecule has 0 nitrogen and oxygen atoms in total. The van der Waals surface area contributed by atoms with E-state index in [1.165, 1.54) is 50.5 Å². The van der Waals surface area contributed by atoms with Gasteiger partial charge in [0.05, 0.1) is 0 Å². The highest BCUT2D eigenvalue weighted by Gasteiger charge is 1.82. The molecule has 0 atom stereocenters. The Hall–Kier alpha value is -0.260. The Balaban J connectivity index is 0. The summed E-state index contributed by atoms with van der Waals surface area (Å²) in [6, 6.07) is 0. The van der Waals surface area contributed by atoms with Crippen LogP contribution in [0.2, 0.25) is 0 Å².